The number of aryl methyl sites for hydroxylation is 1. The first-order valence-electron chi connectivity index (χ1n) is 12.0. The molecule has 0 bridgehead atoms. The average Bonchev–Trinajstić information content (AvgIpc) is 3.22. The van der Waals surface area contributed by atoms with Crippen LogP contribution >= 0.6 is 0 Å². The Hall–Kier alpha value is -4.43. The minimum Gasteiger partial charge on any atom is -0.477 e. The molecule has 0 aliphatic rings. The summed E-state index contributed by atoms with van der Waals surface area (Å²) in [6.45, 7) is 5.55. The van der Waals surface area contributed by atoms with Gasteiger partial charge in [-0.25, -0.2) is 4.79 Å². The fourth-order valence-electron chi connectivity index (χ4n) is 4.05. The number of rotatable bonds is 8. The predicted octanol–water partition coefficient (Wildman–Crippen LogP) is 3.56. The summed E-state index contributed by atoms with van der Waals surface area (Å²) in [6, 6.07) is 21.9. The summed E-state index contributed by atoms with van der Waals surface area (Å²) in [4.78, 5) is 33.8. The smallest absolute Gasteiger partial charge is 0.352 e. The van der Waals surface area contributed by atoms with Gasteiger partial charge in [0, 0.05) is 43.0 Å². The Morgan fingerprint density at radius 2 is 1.54 bits per heavy atom. The van der Waals surface area contributed by atoms with E-state index in [-0.39, 0.29) is 5.56 Å². The van der Waals surface area contributed by atoms with Crippen LogP contribution < -0.4 is 17.0 Å². The van der Waals surface area contributed by atoms with E-state index in [2.05, 4.69) is 0 Å². The number of hydrogen-bond acceptors (Lipinski definition) is 4. The van der Waals surface area contributed by atoms with E-state index in [0.29, 0.717) is 37.3 Å². The summed E-state index contributed by atoms with van der Waals surface area (Å²) in [5.41, 5.74) is 16.4. The summed E-state index contributed by atoms with van der Waals surface area (Å²) < 4.78 is 3.52. The van der Waals surface area contributed by atoms with Crippen LogP contribution in [0.3, 0.4) is 0 Å². The highest BCUT2D eigenvalue weighted by Gasteiger charge is 2.16. The Morgan fingerprint density at radius 1 is 0.919 bits per heavy atom. The van der Waals surface area contributed by atoms with Crippen molar-refractivity contribution >= 4 is 11.9 Å². The van der Waals surface area contributed by atoms with Crippen molar-refractivity contribution < 1.29 is 14.7 Å². The molecule has 0 unspecified atom stereocenters. The number of amides is 1. The first-order chi connectivity index (χ1) is 17.7. The highest BCUT2D eigenvalue weighted by molar-refractivity contribution is 5.92. The van der Waals surface area contributed by atoms with Crippen LogP contribution in [0.25, 0.3) is 0 Å². The summed E-state index contributed by atoms with van der Waals surface area (Å²) in [7, 11) is 0. The zero-order valence-electron chi connectivity index (χ0n) is 21.1. The molecule has 0 saturated heterocycles. The number of nitrogens with two attached hydrogens (primary N) is 2. The molecule has 2 aromatic heterocycles. The van der Waals surface area contributed by atoms with Gasteiger partial charge >= 0.3 is 5.97 Å². The molecule has 0 spiro atoms. The van der Waals surface area contributed by atoms with E-state index in [4.69, 9.17) is 11.5 Å². The van der Waals surface area contributed by atoms with Crippen molar-refractivity contribution in [3.05, 3.63) is 129 Å². The quantitative estimate of drug-likeness (QED) is 0.340. The minimum absolute atomic E-state index is 0.0193. The number of carbonyl (C=O) groups is 2. The highest BCUT2D eigenvalue weighted by atomic mass is 16.4. The molecule has 0 saturated carbocycles. The monoisotopic (exact) mass is 500 g/mol. The number of nitrogens with zero attached hydrogens (tertiary/aromatic N) is 2. The van der Waals surface area contributed by atoms with Gasteiger partial charge in [0.05, 0.1) is 6.54 Å². The van der Waals surface area contributed by atoms with Crippen LogP contribution in [0, 0.1) is 6.92 Å². The number of carboxylic acids is 1. The van der Waals surface area contributed by atoms with Gasteiger partial charge in [-0.05, 0) is 60.4 Å². The van der Waals surface area contributed by atoms with Crippen molar-refractivity contribution in [1.29, 1.82) is 0 Å². The third kappa shape index (κ3) is 7.05. The first kappa shape index (κ1) is 27.2. The van der Waals surface area contributed by atoms with Gasteiger partial charge in [-0.2, -0.15) is 0 Å². The molecule has 0 aliphatic carbocycles. The molecular weight excluding hydrogens is 468 g/mol. The highest BCUT2D eigenvalue weighted by Crippen LogP contribution is 2.20. The number of hydrogen-bond donors (Lipinski definition) is 3. The molecule has 0 aliphatic heterocycles. The van der Waals surface area contributed by atoms with Crippen molar-refractivity contribution in [2.24, 2.45) is 11.5 Å². The summed E-state index contributed by atoms with van der Waals surface area (Å²) in [5.74, 6) is -1.31. The van der Waals surface area contributed by atoms with Crippen molar-refractivity contribution in [2.45, 2.75) is 39.9 Å². The second-order valence-corrected chi connectivity index (χ2v) is 8.63. The molecule has 8 nitrogen and oxygen atoms in total. The molecule has 1 amide bonds. The summed E-state index contributed by atoms with van der Waals surface area (Å²) >= 11 is 0. The summed E-state index contributed by atoms with van der Waals surface area (Å²) in [6.07, 6.45) is 2.46. The Kier molecular flexibility index (Phi) is 9.18. The van der Waals surface area contributed by atoms with Crippen molar-refractivity contribution in [1.82, 2.24) is 9.13 Å². The lowest BCUT2D eigenvalue weighted by atomic mass is 10.1. The predicted molar refractivity (Wildman–Crippen MR) is 144 cm³/mol. The number of pyridine rings is 1. The Bertz CT molecular complexity index is 1420. The maximum Gasteiger partial charge on any atom is 0.352 e. The third-order valence-electron chi connectivity index (χ3n) is 6.08. The molecule has 5 N–H and O–H groups in total. The van der Waals surface area contributed by atoms with E-state index < -0.39 is 11.9 Å². The maximum absolute atomic E-state index is 11.8. The molecule has 2 aromatic carbocycles. The number of aromatic nitrogens is 2. The maximum atomic E-state index is 11.8. The second kappa shape index (κ2) is 12.5. The molecule has 2 heterocycles. The number of benzene rings is 2. The van der Waals surface area contributed by atoms with Gasteiger partial charge in [0.25, 0.3) is 5.56 Å². The van der Waals surface area contributed by atoms with Crippen molar-refractivity contribution in [2.75, 3.05) is 0 Å². The lowest BCUT2D eigenvalue weighted by molar-refractivity contribution is 0.0684. The zero-order valence-corrected chi connectivity index (χ0v) is 21.1. The van der Waals surface area contributed by atoms with Gasteiger partial charge < -0.3 is 25.7 Å². The standard InChI is InChI=1S/C21H22N2O3.C8H10N2O/c1-3-23-18(15(2)12-19(23)21(25)26)13-16-7-9-17(10-8-16)14-22-11-5-4-6-20(22)24;9-5-6-1-3-7(4-2-6)8(10)11/h4-12H,3,13-14H2,1-2H3,(H,25,26);1-4H,5,9H2,(H2,10,11). The van der Waals surface area contributed by atoms with E-state index in [1.807, 2.05) is 48.7 Å². The van der Waals surface area contributed by atoms with E-state index in [9.17, 15) is 19.5 Å². The van der Waals surface area contributed by atoms with Gasteiger partial charge in [-0.3, -0.25) is 9.59 Å². The van der Waals surface area contributed by atoms with Crippen LogP contribution in [-0.2, 0) is 26.1 Å². The van der Waals surface area contributed by atoms with Crippen LogP contribution in [-0.4, -0.2) is 26.1 Å². The number of primary amides is 1. The van der Waals surface area contributed by atoms with Gasteiger partial charge in [-0.1, -0.05) is 42.5 Å². The van der Waals surface area contributed by atoms with E-state index in [1.165, 1.54) is 0 Å². The molecule has 0 fully saturated rings. The van der Waals surface area contributed by atoms with Gasteiger partial charge in [0.15, 0.2) is 0 Å². The Balaban J connectivity index is 0.000000289. The fourth-order valence-corrected chi connectivity index (χ4v) is 4.05. The van der Waals surface area contributed by atoms with Gasteiger partial charge in [0.1, 0.15) is 5.69 Å². The van der Waals surface area contributed by atoms with Crippen LogP contribution in [0.15, 0.2) is 83.8 Å². The molecule has 37 heavy (non-hydrogen) atoms. The molecule has 8 heteroatoms. The van der Waals surface area contributed by atoms with Crippen LogP contribution in [0.1, 0.15) is 55.7 Å². The van der Waals surface area contributed by atoms with E-state index in [1.54, 1.807) is 53.2 Å². The van der Waals surface area contributed by atoms with Gasteiger partial charge in [0.2, 0.25) is 5.91 Å². The fraction of sp³-hybridized carbons (Fsp3) is 0.207. The first-order valence-corrected chi connectivity index (χ1v) is 12.0. The number of carbonyl (C=O) groups excluding carboxylic acids is 1. The largest absolute Gasteiger partial charge is 0.477 e. The Labute approximate surface area is 215 Å². The Morgan fingerprint density at radius 3 is 2.08 bits per heavy atom. The lowest BCUT2D eigenvalue weighted by Gasteiger charge is -2.11. The van der Waals surface area contributed by atoms with Crippen LogP contribution in [0.2, 0.25) is 0 Å². The van der Waals surface area contributed by atoms with E-state index in [0.717, 1.165) is 27.9 Å². The molecule has 0 atom stereocenters. The van der Waals surface area contributed by atoms with E-state index >= 15 is 0 Å². The molecule has 4 rings (SSSR count). The van der Waals surface area contributed by atoms with Crippen LogP contribution in [0.5, 0.6) is 0 Å². The molecule has 4 aromatic rings. The normalized spacial score (nSPS) is 10.5. The second-order valence-electron chi connectivity index (χ2n) is 8.63. The number of aromatic carboxylic acids is 1. The lowest BCUT2D eigenvalue weighted by Crippen LogP contribution is -2.18. The number of carboxylic acid groups (broad SMARTS) is 1. The van der Waals surface area contributed by atoms with Crippen molar-refractivity contribution in [3.63, 3.8) is 0 Å². The molecule has 0 radical (unpaired) electrons. The summed E-state index contributed by atoms with van der Waals surface area (Å²) in [5, 5.41) is 9.35. The third-order valence-corrected chi connectivity index (χ3v) is 6.08. The van der Waals surface area contributed by atoms with Gasteiger partial charge in [-0.15, -0.1) is 0 Å². The van der Waals surface area contributed by atoms with Crippen molar-refractivity contribution in [3.8, 4) is 0 Å². The minimum atomic E-state index is -0.898. The average molecular weight is 501 g/mol. The SMILES string of the molecule is CCn1c(C(=O)O)cc(C)c1Cc1ccc(Cn2ccccc2=O)cc1.NCc1ccc(C(N)=O)cc1. The van der Waals surface area contributed by atoms with Crippen LogP contribution in [0.4, 0.5) is 0 Å². The molecular formula is C29H32N4O4. The topological polar surface area (TPSA) is 133 Å². The molecule has 192 valence electrons. The zero-order chi connectivity index (χ0) is 26.9.